The van der Waals surface area contributed by atoms with Crippen LogP contribution < -0.4 is 5.73 Å². The van der Waals surface area contributed by atoms with Crippen LogP contribution in [0.2, 0.25) is 0 Å². The van der Waals surface area contributed by atoms with Gasteiger partial charge in [0, 0.05) is 23.6 Å². The largest absolute Gasteiger partial charge is 0.369 e. The van der Waals surface area contributed by atoms with Crippen molar-refractivity contribution >= 4 is 27.3 Å². The van der Waals surface area contributed by atoms with Crippen LogP contribution in [-0.2, 0) is 15.6 Å². The fourth-order valence-electron chi connectivity index (χ4n) is 3.14. The molecule has 0 amide bonds. The molecule has 2 aromatic heterocycles. The number of aliphatic imine (C=N–C) groups is 1. The first-order valence-electron chi connectivity index (χ1n) is 8.33. The molecule has 0 saturated heterocycles. The molecule has 0 fully saturated rings. The zero-order chi connectivity index (χ0) is 20.1. The number of benzene rings is 1. The maximum absolute atomic E-state index is 14.8. The van der Waals surface area contributed by atoms with Gasteiger partial charge in [-0.1, -0.05) is 23.4 Å². The number of sulfonamides is 1. The van der Waals surface area contributed by atoms with E-state index in [1.807, 2.05) is 24.3 Å². The van der Waals surface area contributed by atoms with Crippen LogP contribution in [-0.4, -0.2) is 36.6 Å². The molecule has 0 spiro atoms. The van der Waals surface area contributed by atoms with Crippen molar-refractivity contribution in [3.05, 3.63) is 53.3 Å². The summed E-state index contributed by atoms with van der Waals surface area (Å²) in [6.45, 7) is 1.58. The Hall–Kier alpha value is -2.72. The van der Waals surface area contributed by atoms with Gasteiger partial charge in [-0.3, -0.25) is 0 Å². The summed E-state index contributed by atoms with van der Waals surface area (Å²) in [6.07, 6.45) is 1.55. The van der Waals surface area contributed by atoms with Gasteiger partial charge in [0.2, 0.25) is 16.0 Å². The third kappa shape index (κ3) is 3.08. The monoisotopic (exact) mass is 420 g/mol. The highest BCUT2D eigenvalue weighted by Gasteiger charge is 2.42. The number of guanidine groups is 1. The lowest BCUT2D eigenvalue weighted by Crippen LogP contribution is -2.50. The lowest BCUT2D eigenvalue weighted by molar-refractivity contribution is 0.432. The van der Waals surface area contributed by atoms with E-state index in [2.05, 4.69) is 10.1 Å². The number of hydrogen-bond donors (Lipinski definition) is 1. The fourth-order valence-corrected chi connectivity index (χ4v) is 5.79. The number of thiophene rings is 1. The van der Waals surface area contributed by atoms with E-state index in [4.69, 9.17) is 10.3 Å². The minimum atomic E-state index is -3.68. The van der Waals surface area contributed by atoms with Gasteiger partial charge in [-0.2, -0.15) is 0 Å². The van der Waals surface area contributed by atoms with Gasteiger partial charge in [0.1, 0.15) is 11.4 Å². The smallest absolute Gasteiger partial charge is 0.239 e. The van der Waals surface area contributed by atoms with E-state index in [1.54, 1.807) is 19.2 Å². The van der Waals surface area contributed by atoms with Crippen molar-refractivity contribution in [2.75, 3.05) is 12.8 Å². The van der Waals surface area contributed by atoms with Crippen LogP contribution in [0.25, 0.3) is 21.8 Å². The third-order valence-electron chi connectivity index (χ3n) is 4.61. The number of nitrogens with two attached hydrogens (primary N) is 1. The summed E-state index contributed by atoms with van der Waals surface area (Å²) in [7, 11) is -2.34. The van der Waals surface area contributed by atoms with Crippen molar-refractivity contribution in [1.82, 2.24) is 9.46 Å². The number of rotatable bonds is 3. The van der Waals surface area contributed by atoms with Crippen molar-refractivity contribution in [3.63, 3.8) is 0 Å². The minimum absolute atomic E-state index is 0.157. The second-order valence-electron chi connectivity index (χ2n) is 6.71. The highest BCUT2D eigenvalue weighted by Crippen LogP contribution is 2.41. The van der Waals surface area contributed by atoms with Crippen molar-refractivity contribution in [2.45, 2.75) is 12.5 Å². The standard InChI is InChI=1S/C18H17FN4O3S2/c1-18(10-28(24,25)23(2)17(20)22-18)16-13(19)9-15(27-16)12-5-3-4-11(8-12)14-6-7-21-26-14/h3-9H,10H2,1-2H3,(H2,20,22). The Labute approximate surface area is 165 Å². The minimum Gasteiger partial charge on any atom is -0.369 e. The topological polar surface area (TPSA) is 102 Å². The van der Waals surface area contributed by atoms with E-state index in [9.17, 15) is 12.8 Å². The summed E-state index contributed by atoms with van der Waals surface area (Å²) in [4.78, 5) is 5.16. The Morgan fingerprint density at radius 3 is 2.71 bits per heavy atom. The Morgan fingerprint density at radius 2 is 2.04 bits per heavy atom. The molecule has 146 valence electrons. The Balaban J connectivity index is 1.77. The lowest BCUT2D eigenvalue weighted by atomic mass is 10.0. The van der Waals surface area contributed by atoms with Gasteiger partial charge in [-0.05, 0) is 24.6 Å². The molecule has 1 atom stereocenters. The van der Waals surface area contributed by atoms with Gasteiger partial charge in [0.15, 0.2) is 5.76 Å². The van der Waals surface area contributed by atoms with Crippen LogP contribution in [0.15, 0.2) is 52.1 Å². The van der Waals surface area contributed by atoms with E-state index in [0.717, 1.165) is 26.8 Å². The van der Waals surface area contributed by atoms with Crippen molar-refractivity contribution in [3.8, 4) is 21.8 Å². The number of nitrogens with zero attached hydrogens (tertiary/aromatic N) is 3. The molecule has 1 aliphatic rings. The Morgan fingerprint density at radius 1 is 1.29 bits per heavy atom. The van der Waals surface area contributed by atoms with Crippen LogP contribution in [0, 0.1) is 5.82 Å². The van der Waals surface area contributed by atoms with E-state index in [1.165, 1.54) is 13.1 Å². The van der Waals surface area contributed by atoms with E-state index in [0.29, 0.717) is 10.6 Å². The molecule has 0 bridgehead atoms. The number of hydrogen-bond acceptors (Lipinski definition) is 7. The summed E-state index contributed by atoms with van der Waals surface area (Å²) >= 11 is 1.16. The molecule has 7 nitrogen and oxygen atoms in total. The van der Waals surface area contributed by atoms with Gasteiger partial charge < -0.3 is 10.3 Å². The van der Waals surface area contributed by atoms with Gasteiger partial charge in [-0.15, -0.1) is 11.3 Å². The first kappa shape index (κ1) is 18.6. The molecule has 0 aliphatic carbocycles. The molecule has 2 N–H and O–H groups in total. The van der Waals surface area contributed by atoms with Gasteiger partial charge in [0.05, 0.1) is 16.8 Å². The highest BCUT2D eigenvalue weighted by molar-refractivity contribution is 7.89. The van der Waals surface area contributed by atoms with Crippen molar-refractivity contribution < 1.29 is 17.3 Å². The molecule has 0 saturated carbocycles. The average Bonchev–Trinajstić information content (AvgIpc) is 3.29. The molecule has 1 aliphatic heterocycles. The lowest BCUT2D eigenvalue weighted by Gasteiger charge is -2.33. The quantitative estimate of drug-likeness (QED) is 0.702. The fraction of sp³-hybridized carbons (Fsp3) is 0.222. The molecule has 0 radical (unpaired) electrons. The van der Waals surface area contributed by atoms with Crippen LogP contribution >= 0.6 is 11.3 Å². The van der Waals surface area contributed by atoms with Crippen LogP contribution in [0.1, 0.15) is 11.8 Å². The van der Waals surface area contributed by atoms with Crippen molar-refractivity contribution in [2.24, 2.45) is 10.7 Å². The molecule has 4 rings (SSSR count). The molecule has 28 heavy (non-hydrogen) atoms. The molecule has 1 aromatic carbocycles. The molecule has 10 heteroatoms. The molecule has 3 heterocycles. The summed E-state index contributed by atoms with van der Waals surface area (Å²) in [5.74, 6) is -0.421. The highest BCUT2D eigenvalue weighted by atomic mass is 32.2. The second-order valence-corrected chi connectivity index (χ2v) is 9.77. The molecule has 1 unspecified atom stereocenters. The summed E-state index contributed by atoms with van der Waals surface area (Å²) in [5.41, 5.74) is 6.07. The molecular weight excluding hydrogens is 403 g/mol. The van der Waals surface area contributed by atoms with E-state index < -0.39 is 21.4 Å². The van der Waals surface area contributed by atoms with Crippen LogP contribution in [0.4, 0.5) is 4.39 Å². The Kier molecular flexibility index (Phi) is 4.27. The predicted molar refractivity (Wildman–Crippen MR) is 106 cm³/mol. The van der Waals surface area contributed by atoms with Gasteiger partial charge in [-0.25, -0.2) is 22.1 Å². The first-order valence-corrected chi connectivity index (χ1v) is 10.8. The third-order valence-corrected chi connectivity index (χ3v) is 7.97. The SMILES string of the molecule is CN1C(N)=NC(C)(c2sc(-c3cccc(-c4ccno4)c3)cc2F)CS1(=O)=O. The summed E-state index contributed by atoms with van der Waals surface area (Å²) in [5, 5.41) is 3.70. The van der Waals surface area contributed by atoms with Gasteiger partial charge >= 0.3 is 0 Å². The predicted octanol–water partition coefficient (Wildman–Crippen LogP) is 3.01. The normalized spacial score (nSPS) is 21.5. The molecule has 3 aromatic rings. The van der Waals surface area contributed by atoms with Gasteiger partial charge in [0.25, 0.3) is 0 Å². The summed E-state index contributed by atoms with van der Waals surface area (Å²) < 4.78 is 45.7. The first-order chi connectivity index (χ1) is 13.2. The van der Waals surface area contributed by atoms with Crippen LogP contribution in [0.5, 0.6) is 0 Å². The Bertz CT molecular complexity index is 1170. The molecular formula is C18H17FN4O3S2. The zero-order valence-corrected chi connectivity index (χ0v) is 16.7. The van der Waals surface area contributed by atoms with Crippen molar-refractivity contribution in [1.29, 1.82) is 0 Å². The number of halogens is 1. The maximum Gasteiger partial charge on any atom is 0.239 e. The summed E-state index contributed by atoms with van der Waals surface area (Å²) in [6, 6.07) is 10.5. The average molecular weight is 420 g/mol. The number of aromatic nitrogens is 1. The van der Waals surface area contributed by atoms with E-state index >= 15 is 0 Å². The maximum atomic E-state index is 14.8. The van der Waals surface area contributed by atoms with Crippen LogP contribution in [0.3, 0.4) is 0 Å². The van der Waals surface area contributed by atoms with E-state index in [-0.39, 0.29) is 16.6 Å². The second kappa shape index (κ2) is 6.42. The zero-order valence-electron chi connectivity index (χ0n) is 15.1.